The molecule has 4 aromatic rings. The van der Waals surface area contributed by atoms with E-state index in [1.807, 2.05) is 55.4 Å². The Labute approximate surface area is 253 Å². The maximum Gasteiger partial charge on any atom is 0.251 e. The predicted molar refractivity (Wildman–Crippen MR) is 174 cm³/mol. The maximum atomic E-state index is 13.5. The number of rotatable bonds is 7. The molecule has 2 aromatic heterocycles. The molecule has 7 heteroatoms. The summed E-state index contributed by atoms with van der Waals surface area (Å²) in [7, 11) is 4.06. The maximum absolute atomic E-state index is 13.5. The zero-order valence-corrected chi connectivity index (χ0v) is 25.5. The van der Waals surface area contributed by atoms with Crippen molar-refractivity contribution in [1.29, 1.82) is 0 Å². The first-order valence-electron chi connectivity index (χ1n) is 15.1. The van der Waals surface area contributed by atoms with E-state index in [4.69, 9.17) is 4.98 Å². The molecule has 3 heterocycles. The number of carbonyl (C=O) groups excluding carboxylic acids is 2. The van der Waals surface area contributed by atoms with Gasteiger partial charge in [-0.15, -0.1) is 0 Å². The first-order chi connectivity index (χ1) is 20.8. The van der Waals surface area contributed by atoms with Crippen LogP contribution in [0.4, 0.5) is 17.1 Å². The van der Waals surface area contributed by atoms with E-state index in [9.17, 15) is 9.59 Å². The lowest BCUT2D eigenvalue weighted by Crippen LogP contribution is -2.30. The van der Waals surface area contributed by atoms with Gasteiger partial charge in [0.15, 0.2) is 0 Å². The van der Waals surface area contributed by atoms with Gasteiger partial charge in [0.1, 0.15) is 5.82 Å². The topological polar surface area (TPSA) is 70.5 Å². The first kappa shape index (κ1) is 28.5. The van der Waals surface area contributed by atoms with E-state index in [2.05, 4.69) is 65.0 Å². The molecule has 0 bridgehead atoms. The van der Waals surface area contributed by atoms with Crippen molar-refractivity contribution in [2.24, 2.45) is 0 Å². The number of carbonyl (C=O) groups is 2. The van der Waals surface area contributed by atoms with Crippen LogP contribution in [0, 0.1) is 13.8 Å². The van der Waals surface area contributed by atoms with E-state index in [1.54, 1.807) is 0 Å². The van der Waals surface area contributed by atoms with E-state index in [0.717, 1.165) is 94.3 Å². The van der Waals surface area contributed by atoms with Crippen molar-refractivity contribution in [2.45, 2.75) is 52.4 Å². The molecule has 43 heavy (non-hydrogen) atoms. The van der Waals surface area contributed by atoms with Crippen LogP contribution in [-0.4, -0.2) is 42.0 Å². The average molecular weight is 574 g/mol. The van der Waals surface area contributed by atoms with Crippen LogP contribution in [0.2, 0.25) is 0 Å². The molecule has 1 N–H and O–H groups in total. The molecule has 1 aliphatic carbocycles. The van der Waals surface area contributed by atoms with Gasteiger partial charge in [-0.05, 0) is 117 Å². The molecule has 0 fully saturated rings. The van der Waals surface area contributed by atoms with E-state index in [-0.39, 0.29) is 18.2 Å². The first-order valence-corrected chi connectivity index (χ1v) is 15.1. The third-order valence-corrected chi connectivity index (χ3v) is 8.63. The minimum atomic E-state index is -0.0311. The van der Waals surface area contributed by atoms with E-state index in [1.165, 1.54) is 0 Å². The lowest BCUT2D eigenvalue weighted by Gasteiger charge is -2.21. The molecule has 0 saturated heterocycles. The number of aryl methyl sites for hydroxylation is 2. The Morgan fingerprint density at radius 3 is 2.37 bits per heavy atom. The minimum Gasteiger partial charge on any atom is -0.378 e. The fourth-order valence-electron chi connectivity index (χ4n) is 6.35. The molecular formula is C36H39N5O2. The summed E-state index contributed by atoms with van der Waals surface area (Å²) >= 11 is 0. The van der Waals surface area contributed by atoms with Crippen LogP contribution in [0.5, 0.6) is 0 Å². The van der Waals surface area contributed by atoms with Crippen molar-refractivity contribution < 1.29 is 9.59 Å². The van der Waals surface area contributed by atoms with Gasteiger partial charge in [0.25, 0.3) is 5.91 Å². The van der Waals surface area contributed by atoms with Crippen molar-refractivity contribution in [3.63, 3.8) is 0 Å². The highest BCUT2D eigenvalue weighted by Crippen LogP contribution is 2.35. The van der Waals surface area contributed by atoms with E-state index >= 15 is 0 Å². The molecule has 0 unspecified atom stereocenters. The fourth-order valence-corrected chi connectivity index (χ4v) is 6.35. The van der Waals surface area contributed by atoms with E-state index in [0.29, 0.717) is 6.54 Å². The molecule has 6 rings (SSSR count). The highest BCUT2D eigenvalue weighted by Gasteiger charge is 2.26. The number of hydrogen-bond donors (Lipinski definition) is 1. The predicted octanol–water partition coefficient (Wildman–Crippen LogP) is 6.65. The summed E-state index contributed by atoms with van der Waals surface area (Å²) in [5, 5.41) is 3.16. The summed E-state index contributed by atoms with van der Waals surface area (Å²) in [6, 6.07) is 24.3. The summed E-state index contributed by atoms with van der Waals surface area (Å²) in [6.45, 7) is 4.73. The van der Waals surface area contributed by atoms with Gasteiger partial charge in [-0.25, -0.2) is 4.98 Å². The normalized spacial score (nSPS) is 14.6. The summed E-state index contributed by atoms with van der Waals surface area (Å²) < 4.78 is 2.10. The second-order valence-corrected chi connectivity index (χ2v) is 11.8. The molecule has 0 atom stereocenters. The number of amides is 2. The molecule has 220 valence electrons. The molecule has 2 amide bonds. The van der Waals surface area contributed by atoms with Crippen LogP contribution in [0.1, 0.15) is 53.9 Å². The summed E-state index contributed by atoms with van der Waals surface area (Å²) in [5.41, 5.74) is 10.0. The Morgan fingerprint density at radius 2 is 1.63 bits per heavy atom. The second kappa shape index (κ2) is 11.9. The zero-order valence-electron chi connectivity index (χ0n) is 25.5. The largest absolute Gasteiger partial charge is 0.378 e. The lowest BCUT2D eigenvalue weighted by molar-refractivity contribution is -0.118. The van der Waals surface area contributed by atoms with Crippen LogP contribution < -0.4 is 15.1 Å². The summed E-state index contributed by atoms with van der Waals surface area (Å²) in [5.74, 6) is 0.823. The number of anilines is 3. The van der Waals surface area contributed by atoms with Crippen LogP contribution >= 0.6 is 0 Å². The van der Waals surface area contributed by atoms with Crippen LogP contribution in [0.25, 0.3) is 11.4 Å². The van der Waals surface area contributed by atoms with Crippen molar-refractivity contribution >= 4 is 34.4 Å². The van der Waals surface area contributed by atoms with Gasteiger partial charge in [0, 0.05) is 54.7 Å². The Bertz CT molecular complexity index is 1690. The Balaban J connectivity index is 1.16. The summed E-state index contributed by atoms with van der Waals surface area (Å²) in [6.07, 6.45) is 4.79. The minimum absolute atomic E-state index is 0.0263. The zero-order chi connectivity index (χ0) is 30.1. The molecule has 0 spiro atoms. The standard InChI is InChI=1S/C36H39N5O2/c1-24-12-13-25(2)41(24)34-11-7-8-28(37-34)23-35(42)40-21-20-27-22-29(16-19-33(27)40)38-36(43)32-10-6-5-9-31(32)26-14-17-30(18-15-26)39(3)4/h7-8,11-19,22H,5-6,9-10,20-21,23H2,1-4H3,(H,38,43). The second-order valence-electron chi connectivity index (χ2n) is 11.8. The quantitative estimate of drug-likeness (QED) is 0.269. The monoisotopic (exact) mass is 573 g/mol. The van der Waals surface area contributed by atoms with E-state index < -0.39 is 0 Å². The van der Waals surface area contributed by atoms with Gasteiger partial charge < -0.3 is 19.7 Å². The Kier molecular flexibility index (Phi) is 7.89. The SMILES string of the molecule is Cc1ccc(C)n1-c1cccc(CC(=O)N2CCc3cc(NC(=O)C4=C(c5ccc(N(C)C)cc5)CCCC4)ccc32)n1. The fraction of sp³-hybridized carbons (Fsp3) is 0.306. The van der Waals surface area contributed by atoms with Gasteiger partial charge in [-0.3, -0.25) is 9.59 Å². The van der Waals surface area contributed by atoms with Crippen LogP contribution in [-0.2, 0) is 22.4 Å². The van der Waals surface area contributed by atoms with Crippen LogP contribution in [0.3, 0.4) is 0 Å². The van der Waals surface area contributed by atoms with Crippen LogP contribution in [0.15, 0.2) is 78.4 Å². The van der Waals surface area contributed by atoms with Gasteiger partial charge >= 0.3 is 0 Å². The number of fused-ring (bicyclic) bond motifs is 1. The van der Waals surface area contributed by atoms with Gasteiger partial charge in [0.05, 0.1) is 12.1 Å². The number of pyridine rings is 1. The number of nitrogens with zero attached hydrogens (tertiary/aromatic N) is 4. The molecule has 1 aliphatic heterocycles. The number of aromatic nitrogens is 2. The summed E-state index contributed by atoms with van der Waals surface area (Å²) in [4.78, 5) is 35.6. The third-order valence-electron chi connectivity index (χ3n) is 8.63. The highest BCUT2D eigenvalue weighted by molar-refractivity contribution is 6.09. The van der Waals surface area contributed by atoms with Crippen molar-refractivity contribution in [3.05, 3.63) is 107 Å². The molecule has 2 aromatic carbocycles. The smallest absolute Gasteiger partial charge is 0.251 e. The molecule has 7 nitrogen and oxygen atoms in total. The van der Waals surface area contributed by atoms with Crippen molar-refractivity contribution in [1.82, 2.24) is 9.55 Å². The van der Waals surface area contributed by atoms with Crippen molar-refractivity contribution in [3.8, 4) is 5.82 Å². The molecule has 0 radical (unpaired) electrons. The van der Waals surface area contributed by atoms with Gasteiger partial charge in [-0.1, -0.05) is 18.2 Å². The van der Waals surface area contributed by atoms with Gasteiger partial charge in [-0.2, -0.15) is 0 Å². The molecule has 2 aliphatic rings. The highest BCUT2D eigenvalue weighted by atomic mass is 16.2. The number of hydrogen-bond acceptors (Lipinski definition) is 4. The Morgan fingerprint density at radius 1 is 0.884 bits per heavy atom. The Hall–Kier alpha value is -4.65. The molecule has 0 saturated carbocycles. The lowest BCUT2D eigenvalue weighted by atomic mass is 9.86. The molecular weight excluding hydrogens is 534 g/mol. The van der Waals surface area contributed by atoms with Crippen molar-refractivity contribution in [2.75, 3.05) is 35.8 Å². The number of benzene rings is 2. The average Bonchev–Trinajstić information content (AvgIpc) is 3.59. The number of allylic oxidation sites excluding steroid dienone is 1. The van der Waals surface area contributed by atoms with Gasteiger partial charge in [0.2, 0.25) is 5.91 Å². The third kappa shape index (κ3) is 5.85. The number of nitrogens with one attached hydrogen (secondary N) is 1.